The third-order valence-corrected chi connectivity index (χ3v) is 0.988. The van der Waals surface area contributed by atoms with E-state index in [1.807, 2.05) is 6.92 Å². The summed E-state index contributed by atoms with van der Waals surface area (Å²) >= 11 is 0. The van der Waals surface area contributed by atoms with E-state index in [1.165, 1.54) is 0 Å². The molecule has 0 aliphatic carbocycles. The van der Waals surface area contributed by atoms with Crippen molar-refractivity contribution < 1.29 is 0 Å². The van der Waals surface area contributed by atoms with Gasteiger partial charge in [-0.25, -0.2) is 4.99 Å². The molecule has 0 fully saturated rings. The van der Waals surface area contributed by atoms with Crippen LogP contribution in [0.15, 0.2) is 29.2 Å². The Balaban J connectivity index is 4.44. The SMILES string of the molecule is C=C/C(N)=C(\N=CC)NC. The second-order valence-corrected chi connectivity index (χ2v) is 1.65. The Hall–Kier alpha value is -1.25. The van der Waals surface area contributed by atoms with Crippen molar-refractivity contribution in [2.75, 3.05) is 7.05 Å². The number of allylic oxidation sites excluding steroid dienone is 1. The van der Waals surface area contributed by atoms with Gasteiger partial charge in [-0.05, 0) is 13.0 Å². The molecule has 3 heteroatoms. The lowest BCUT2D eigenvalue weighted by Crippen LogP contribution is -2.10. The zero-order valence-corrected chi connectivity index (χ0v) is 6.39. The van der Waals surface area contributed by atoms with Gasteiger partial charge in [0.15, 0.2) is 0 Å². The summed E-state index contributed by atoms with van der Waals surface area (Å²) in [6, 6.07) is 0. The van der Waals surface area contributed by atoms with E-state index in [0.717, 1.165) is 0 Å². The maximum atomic E-state index is 5.50. The maximum Gasteiger partial charge on any atom is 0.148 e. The molecule has 0 saturated heterocycles. The molecule has 0 aromatic carbocycles. The molecule has 0 bridgehead atoms. The largest absolute Gasteiger partial charge is 0.396 e. The summed E-state index contributed by atoms with van der Waals surface area (Å²) in [4.78, 5) is 3.96. The quantitative estimate of drug-likeness (QED) is 0.444. The van der Waals surface area contributed by atoms with Gasteiger partial charge >= 0.3 is 0 Å². The first-order chi connectivity index (χ1) is 4.76. The second-order valence-electron chi connectivity index (χ2n) is 1.65. The summed E-state index contributed by atoms with van der Waals surface area (Å²) in [5, 5.41) is 2.84. The van der Waals surface area contributed by atoms with Crippen molar-refractivity contribution in [3.05, 3.63) is 24.2 Å². The van der Waals surface area contributed by atoms with Gasteiger partial charge in [0.2, 0.25) is 0 Å². The molecule has 0 aliphatic heterocycles. The van der Waals surface area contributed by atoms with Crippen molar-refractivity contribution in [1.29, 1.82) is 0 Å². The molecular weight excluding hydrogens is 126 g/mol. The summed E-state index contributed by atoms with van der Waals surface area (Å²) in [6.07, 6.45) is 3.22. The van der Waals surface area contributed by atoms with E-state index < -0.39 is 0 Å². The highest BCUT2D eigenvalue weighted by Crippen LogP contribution is 1.94. The Morgan fingerprint density at radius 3 is 2.60 bits per heavy atom. The lowest BCUT2D eigenvalue weighted by Gasteiger charge is -2.00. The number of rotatable bonds is 3. The third kappa shape index (κ3) is 2.35. The minimum Gasteiger partial charge on any atom is -0.396 e. The van der Waals surface area contributed by atoms with Crippen LogP contribution >= 0.6 is 0 Å². The van der Waals surface area contributed by atoms with Crippen LogP contribution in [0.25, 0.3) is 0 Å². The van der Waals surface area contributed by atoms with E-state index in [1.54, 1.807) is 19.3 Å². The molecule has 0 aromatic rings. The summed E-state index contributed by atoms with van der Waals surface area (Å²) in [5.74, 6) is 0.650. The number of hydrogen-bond acceptors (Lipinski definition) is 3. The molecule has 0 rings (SSSR count). The molecule has 0 atom stereocenters. The molecule has 0 saturated carbocycles. The monoisotopic (exact) mass is 139 g/mol. The predicted molar refractivity (Wildman–Crippen MR) is 44.6 cm³/mol. The number of hydrogen-bond donors (Lipinski definition) is 2. The predicted octanol–water partition coefficient (Wildman–Crippen LogP) is 0.610. The second kappa shape index (κ2) is 4.61. The number of nitrogens with zero attached hydrogens (tertiary/aromatic N) is 1. The lowest BCUT2D eigenvalue weighted by molar-refractivity contribution is 0.941. The van der Waals surface area contributed by atoms with Gasteiger partial charge in [-0.15, -0.1) is 0 Å². The van der Waals surface area contributed by atoms with E-state index >= 15 is 0 Å². The van der Waals surface area contributed by atoms with Crippen LogP contribution in [-0.4, -0.2) is 13.3 Å². The Morgan fingerprint density at radius 2 is 2.30 bits per heavy atom. The van der Waals surface area contributed by atoms with E-state index in [9.17, 15) is 0 Å². The van der Waals surface area contributed by atoms with Gasteiger partial charge in [0.25, 0.3) is 0 Å². The van der Waals surface area contributed by atoms with Gasteiger partial charge in [-0.3, -0.25) is 0 Å². The number of nitrogens with one attached hydrogen (secondary N) is 1. The van der Waals surface area contributed by atoms with Crippen molar-refractivity contribution in [1.82, 2.24) is 5.32 Å². The van der Waals surface area contributed by atoms with Gasteiger partial charge < -0.3 is 11.1 Å². The molecule has 3 N–H and O–H groups in total. The molecule has 10 heavy (non-hydrogen) atoms. The van der Waals surface area contributed by atoms with E-state index in [-0.39, 0.29) is 0 Å². The van der Waals surface area contributed by atoms with E-state index in [4.69, 9.17) is 5.73 Å². The fourth-order valence-corrected chi connectivity index (χ4v) is 0.509. The molecule has 3 nitrogen and oxygen atoms in total. The van der Waals surface area contributed by atoms with Crippen molar-refractivity contribution in [3.63, 3.8) is 0 Å². The Labute approximate surface area is 61.3 Å². The van der Waals surface area contributed by atoms with Gasteiger partial charge in [-0.2, -0.15) is 0 Å². The van der Waals surface area contributed by atoms with Crippen LogP contribution in [-0.2, 0) is 0 Å². The van der Waals surface area contributed by atoms with Crippen molar-refractivity contribution in [2.24, 2.45) is 10.7 Å². The molecule has 56 valence electrons. The number of aliphatic imine (C=N–C) groups is 1. The third-order valence-electron chi connectivity index (χ3n) is 0.988. The summed E-state index contributed by atoms with van der Waals surface area (Å²) in [5.41, 5.74) is 6.06. The van der Waals surface area contributed by atoms with Crippen LogP contribution in [0.3, 0.4) is 0 Å². The molecule has 0 unspecified atom stereocenters. The van der Waals surface area contributed by atoms with Gasteiger partial charge in [0.05, 0.1) is 5.70 Å². The van der Waals surface area contributed by atoms with Gasteiger partial charge in [0.1, 0.15) is 5.82 Å². The topological polar surface area (TPSA) is 50.4 Å². The summed E-state index contributed by atoms with van der Waals surface area (Å²) < 4.78 is 0. The van der Waals surface area contributed by atoms with Crippen LogP contribution in [0.5, 0.6) is 0 Å². The molecule has 0 radical (unpaired) electrons. The normalized spacial score (nSPS) is 13.0. The Morgan fingerprint density at radius 1 is 1.70 bits per heavy atom. The highest BCUT2D eigenvalue weighted by Gasteiger charge is 1.91. The van der Waals surface area contributed by atoms with E-state index in [2.05, 4.69) is 16.9 Å². The van der Waals surface area contributed by atoms with Crippen LogP contribution < -0.4 is 11.1 Å². The van der Waals surface area contributed by atoms with Crippen LogP contribution in [0.1, 0.15) is 6.92 Å². The molecule has 0 heterocycles. The highest BCUT2D eigenvalue weighted by atomic mass is 15.0. The minimum absolute atomic E-state index is 0.556. The Kier molecular flexibility index (Phi) is 4.04. The molecular formula is C7H13N3. The molecule has 0 aromatic heterocycles. The molecule has 0 amide bonds. The smallest absolute Gasteiger partial charge is 0.148 e. The van der Waals surface area contributed by atoms with Crippen LogP contribution in [0.4, 0.5) is 0 Å². The standard InChI is InChI=1S/C7H13N3/c1-4-6(8)7(9-3)10-5-2/h4-5,9H,1,8H2,2-3H3/b7-6+,10-5?. The number of nitrogens with two attached hydrogens (primary N) is 1. The van der Waals surface area contributed by atoms with Crippen molar-refractivity contribution in [2.45, 2.75) is 6.92 Å². The minimum atomic E-state index is 0.556. The zero-order chi connectivity index (χ0) is 7.98. The van der Waals surface area contributed by atoms with Gasteiger partial charge in [-0.1, -0.05) is 6.58 Å². The van der Waals surface area contributed by atoms with Gasteiger partial charge in [0, 0.05) is 13.3 Å². The fourth-order valence-electron chi connectivity index (χ4n) is 0.509. The average molecular weight is 139 g/mol. The average Bonchev–Trinajstić information content (AvgIpc) is 1.99. The van der Waals surface area contributed by atoms with E-state index in [0.29, 0.717) is 11.5 Å². The first-order valence-corrected chi connectivity index (χ1v) is 3.04. The van der Waals surface area contributed by atoms with Crippen LogP contribution in [0, 0.1) is 0 Å². The van der Waals surface area contributed by atoms with Crippen LogP contribution in [0.2, 0.25) is 0 Å². The molecule has 0 aliphatic rings. The van der Waals surface area contributed by atoms with Crippen molar-refractivity contribution in [3.8, 4) is 0 Å². The first kappa shape index (κ1) is 8.75. The summed E-state index contributed by atoms with van der Waals surface area (Å²) in [6.45, 7) is 5.34. The summed E-state index contributed by atoms with van der Waals surface area (Å²) in [7, 11) is 1.76. The molecule has 0 spiro atoms. The first-order valence-electron chi connectivity index (χ1n) is 3.04. The fraction of sp³-hybridized carbons (Fsp3) is 0.286. The van der Waals surface area contributed by atoms with Crippen molar-refractivity contribution >= 4 is 6.21 Å². The Bertz CT molecular complexity index is 168. The zero-order valence-electron chi connectivity index (χ0n) is 6.39. The lowest BCUT2D eigenvalue weighted by atomic mass is 10.4. The highest BCUT2D eigenvalue weighted by molar-refractivity contribution is 5.55. The maximum absolute atomic E-state index is 5.50.